The molecule has 0 aliphatic rings. The lowest BCUT2D eigenvalue weighted by molar-refractivity contribution is 0.564. The molecule has 0 aliphatic heterocycles. The Morgan fingerprint density at radius 3 is 2.33 bits per heavy atom. The van der Waals surface area contributed by atoms with E-state index in [1.807, 2.05) is 25.2 Å². The lowest BCUT2D eigenvalue weighted by Gasteiger charge is -1.67. The molecule has 0 aromatic rings. The third-order valence-corrected chi connectivity index (χ3v) is 0.690. The summed E-state index contributed by atoms with van der Waals surface area (Å²) in [5.41, 5.74) is 0. The first-order valence-corrected chi connectivity index (χ1v) is 2.74. The molecular formula is C8H9O. The zero-order chi connectivity index (χ0) is 6.95. The number of hydrogen-bond donors (Lipinski definition) is 0. The van der Waals surface area contributed by atoms with Crippen LogP contribution in [0.15, 0.2) is 36.5 Å². The zero-order valence-electron chi connectivity index (χ0n) is 5.37. The minimum Gasteiger partial charge on any atom is -0.286 e. The monoisotopic (exact) mass is 121 g/mol. The molecule has 0 unspecified atom stereocenters. The van der Waals surface area contributed by atoms with E-state index in [0.29, 0.717) is 0 Å². The van der Waals surface area contributed by atoms with Crippen molar-refractivity contribution in [1.29, 1.82) is 0 Å². The van der Waals surface area contributed by atoms with Gasteiger partial charge >= 0.3 is 0 Å². The Balaban J connectivity index is 3.46. The molecule has 0 N–H and O–H groups in total. The van der Waals surface area contributed by atoms with Crippen molar-refractivity contribution in [1.82, 2.24) is 0 Å². The summed E-state index contributed by atoms with van der Waals surface area (Å²) in [5.74, 6) is 0. The standard InChI is InChI=1S/C8H9O/c1-2-3-4-5-6-7-8-9/h2-7H,1H3/b3-2+,5-4+,7-6+. The van der Waals surface area contributed by atoms with Crippen LogP contribution in [0, 0.1) is 0 Å². The summed E-state index contributed by atoms with van der Waals surface area (Å²) in [6.45, 7) is 1.93. The van der Waals surface area contributed by atoms with Crippen LogP contribution in [-0.2, 0) is 4.79 Å². The molecule has 1 radical (unpaired) electrons. The predicted molar refractivity (Wildman–Crippen MR) is 38.8 cm³/mol. The maximum Gasteiger partial charge on any atom is 0.225 e. The van der Waals surface area contributed by atoms with Crippen molar-refractivity contribution >= 4 is 6.29 Å². The summed E-state index contributed by atoms with van der Waals surface area (Å²) < 4.78 is 0. The van der Waals surface area contributed by atoms with Gasteiger partial charge in [0.1, 0.15) is 0 Å². The highest BCUT2D eigenvalue weighted by Gasteiger charge is 1.60. The quantitative estimate of drug-likeness (QED) is 0.411. The van der Waals surface area contributed by atoms with Crippen LogP contribution in [0.3, 0.4) is 0 Å². The molecule has 0 heterocycles. The van der Waals surface area contributed by atoms with Gasteiger partial charge in [0.15, 0.2) is 0 Å². The highest BCUT2D eigenvalue weighted by Crippen LogP contribution is 1.77. The van der Waals surface area contributed by atoms with Gasteiger partial charge in [0.2, 0.25) is 6.29 Å². The third-order valence-electron chi connectivity index (χ3n) is 0.690. The van der Waals surface area contributed by atoms with E-state index in [1.54, 1.807) is 18.4 Å². The van der Waals surface area contributed by atoms with Crippen molar-refractivity contribution in [2.75, 3.05) is 0 Å². The average molecular weight is 121 g/mol. The number of hydrogen-bond acceptors (Lipinski definition) is 1. The molecule has 9 heavy (non-hydrogen) atoms. The van der Waals surface area contributed by atoms with Crippen molar-refractivity contribution in [2.24, 2.45) is 0 Å². The summed E-state index contributed by atoms with van der Waals surface area (Å²) in [6.07, 6.45) is 12.0. The Morgan fingerprint density at radius 1 is 1.11 bits per heavy atom. The lowest BCUT2D eigenvalue weighted by Crippen LogP contribution is -1.54. The molecule has 0 fully saturated rings. The van der Waals surface area contributed by atoms with Crippen LogP contribution in [0.5, 0.6) is 0 Å². The van der Waals surface area contributed by atoms with Gasteiger partial charge in [-0.1, -0.05) is 30.4 Å². The molecule has 0 aromatic carbocycles. The van der Waals surface area contributed by atoms with E-state index in [9.17, 15) is 4.79 Å². The van der Waals surface area contributed by atoms with E-state index in [4.69, 9.17) is 0 Å². The molecular weight excluding hydrogens is 112 g/mol. The normalized spacial score (nSPS) is 12.1. The second-order valence-electron chi connectivity index (χ2n) is 1.39. The van der Waals surface area contributed by atoms with Gasteiger partial charge in [-0.3, -0.25) is 4.79 Å². The highest BCUT2D eigenvalue weighted by atomic mass is 16.1. The second kappa shape index (κ2) is 6.89. The largest absolute Gasteiger partial charge is 0.286 e. The Labute approximate surface area is 55.4 Å². The Hall–Kier alpha value is -1.11. The summed E-state index contributed by atoms with van der Waals surface area (Å²) >= 11 is 0. The van der Waals surface area contributed by atoms with Gasteiger partial charge in [-0.25, -0.2) is 0 Å². The topological polar surface area (TPSA) is 17.1 Å². The van der Waals surface area contributed by atoms with Gasteiger partial charge < -0.3 is 0 Å². The molecule has 47 valence electrons. The van der Waals surface area contributed by atoms with Gasteiger partial charge in [0, 0.05) is 0 Å². The van der Waals surface area contributed by atoms with Crippen LogP contribution in [-0.4, -0.2) is 6.29 Å². The molecule has 0 aliphatic carbocycles. The smallest absolute Gasteiger partial charge is 0.225 e. The number of carbonyl (C=O) groups excluding carboxylic acids is 1. The maximum absolute atomic E-state index is 9.57. The molecule has 0 bridgehead atoms. The molecule has 0 rings (SSSR count). The summed E-state index contributed by atoms with van der Waals surface area (Å²) in [6, 6.07) is 0. The molecule has 1 nitrogen and oxygen atoms in total. The van der Waals surface area contributed by atoms with Crippen molar-refractivity contribution in [2.45, 2.75) is 6.92 Å². The van der Waals surface area contributed by atoms with E-state index >= 15 is 0 Å². The third kappa shape index (κ3) is 6.89. The molecule has 0 spiro atoms. The minimum absolute atomic E-state index is 1.32. The van der Waals surface area contributed by atoms with Crippen molar-refractivity contribution in [3.8, 4) is 0 Å². The molecule has 0 saturated heterocycles. The van der Waals surface area contributed by atoms with Gasteiger partial charge in [-0.2, -0.15) is 0 Å². The van der Waals surface area contributed by atoms with Crippen LogP contribution in [0.25, 0.3) is 0 Å². The Bertz CT molecular complexity index is 141. The molecule has 0 atom stereocenters. The van der Waals surface area contributed by atoms with Gasteiger partial charge in [0.05, 0.1) is 0 Å². The number of allylic oxidation sites excluding steroid dienone is 6. The van der Waals surface area contributed by atoms with Gasteiger partial charge in [-0.05, 0) is 13.0 Å². The van der Waals surface area contributed by atoms with Gasteiger partial charge in [-0.15, -0.1) is 0 Å². The van der Waals surface area contributed by atoms with Gasteiger partial charge in [0.25, 0.3) is 0 Å². The van der Waals surface area contributed by atoms with Crippen molar-refractivity contribution in [3.63, 3.8) is 0 Å². The Morgan fingerprint density at radius 2 is 1.78 bits per heavy atom. The minimum atomic E-state index is 1.32. The van der Waals surface area contributed by atoms with E-state index < -0.39 is 0 Å². The van der Waals surface area contributed by atoms with E-state index in [2.05, 4.69) is 0 Å². The SMILES string of the molecule is C/C=C/C=C/C=C/[C]=O. The molecule has 1 heteroatoms. The zero-order valence-corrected chi connectivity index (χ0v) is 5.37. The van der Waals surface area contributed by atoms with Crippen molar-refractivity contribution in [3.05, 3.63) is 36.5 Å². The van der Waals surface area contributed by atoms with E-state index in [-0.39, 0.29) is 0 Å². The first kappa shape index (κ1) is 7.89. The fourth-order valence-corrected chi connectivity index (χ4v) is 0.334. The predicted octanol–water partition coefficient (Wildman–Crippen LogP) is 1.78. The number of rotatable bonds is 3. The van der Waals surface area contributed by atoms with Crippen LogP contribution < -0.4 is 0 Å². The van der Waals surface area contributed by atoms with Crippen LogP contribution in [0.4, 0.5) is 0 Å². The summed E-state index contributed by atoms with van der Waals surface area (Å²) in [4.78, 5) is 9.57. The fraction of sp³-hybridized carbons (Fsp3) is 0.125. The average Bonchev–Trinajstić information content (AvgIpc) is 1.89. The first-order valence-electron chi connectivity index (χ1n) is 2.74. The lowest BCUT2D eigenvalue weighted by atomic mass is 10.4. The maximum atomic E-state index is 9.57. The molecule has 0 saturated carbocycles. The summed E-state index contributed by atoms with van der Waals surface area (Å²) in [5, 5.41) is 0. The Kier molecular flexibility index (Phi) is 6.04. The first-order chi connectivity index (χ1) is 4.41. The van der Waals surface area contributed by atoms with Crippen LogP contribution >= 0.6 is 0 Å². The molecule has 0 amide bonds. The molecule has 0 aromatic heterocycles. The highest BCUT2D eigenvalue weighted by molar-refractivity contribution is 5.66. The summed E-state index contributed by atoms with van der Waals surface area (Å²) in [7, 11) is 0. The van der Waals surface area contributed by atoms with E-state index in [0.717, 1.165) is 0 Å². The van der Waals surface area contributed by atoms with Crippen molar-refractivity contribution < 1.29 is 4.79 Å². The van der Waals surface area contributed by atoms with E-state index in [1.165, 1.54) is 6.08 Å². The van der Waals surface area contributed by atoms with Crippen LogP contribution in [0.2, 0.25) is 0 Å². The fourth-order valence-electron chi connectivity index (χ4n) is 0.334. The second-order valence-corrected chi connectivity index (χ2v) is 1.39. The van der Waals surface area contributed by atoms with Crippen LogP contribution in [0.1, 0.15) is 6.92 Å².